The summed E-state index contributed by atoms with van der Waals surface area (Å²) in [5.41, 5.74) is 1.68. The highest BCUT2D eigenvalue weighted by Crippen LogP contribution is 2.19. The quantitative estimate of drug-likeness (QED) is 0.677. The molecule has 0 unspecified atom stereocenters. The van der Waals surface area contributed by atoms with Crippen LogP contribution in [0.4, 0.5) is 5.69 Å². The Morgan fingerprint density at radius 2 is 1.46 bits per heavy atom. The molecule has 0 aliphatic carbocycles. The minimum atomic E-state index is -0.616. The fraction of sp³-hybridized carbons (Fsp3) is 0.250. The van der Waals surface area contributed by atoms with Gasteiger partial charge in [-0.2, -0.15) is 0 Å². The van der Waals surface area contributed by atoms with Crippen LogP contribution < -0.4 is 10.1 Å². The number of hydrogen-bond donors (Lipinski definition) is 1. The third kappa shape index (κ3) is 6.02. The lowest BCUT2D eigenvalue weighted by Gasteiger charge is -2.10. The van der Waals surface area contributed by atoms with E-state index in [1.165, 1.54) is 44.2 Å². The van der Waals surface area contributed by atoms with E-state index in [2.05, 4.69) is 14.8 Å². The van der Waals surface area contributed by atoms with Crippen LogP contribution in [0.15, 0.2) is 42.5 Å². The van der Waals surface area contributed by atoms with Gasteiger partial charge < -0.3 is 19.5 Å². The number of carbonyl (C=O) groups is 3. The largest absolute Gasteiger partial charge is 0.497 e. The molecule has 8 heteroatoms. The average Bonchev–Trinajstić information content (AvgIpc) is 2.72. The Bertz CT molecular complexity index is 816. The van der Waals surface area contributed by atoms with Gasteiger partial charge in [-0.05, 0) is 35.9 Å². The maximum absolute atomic E-state index is 12.2. The molecule has 2 aromatic rings. The number of anilines is 1. The molecule has 0 saturated heterocycles. The van der Waals surface area contributed by atoms with Gasteiger partial charge >= 0.3 is 11.9 Å². The summed E-state index contributed by atoms with van der Waals surface area (Å²) in [6, 6.07) is 11.9. The fourth-order valence-electron chi connectivity index (χ4n) is 2.35. The summed E-state index contributed by atoms with van der Waals surface area (Å²) in [6.45, 7) is 0. The summed E-state index contributed by atoms with van der Waals surface area (Å²) in [5.74, 6) is 0.162. The molecule has 2 rings (SSSR count). The highest BCUT2D eigenvalue weighted by atomic mass is 32.2. The first-order chi connectivity index (χ1) is 13.5. The Morgan fingerprint density at radius 1 is 0.893 bits per heavy atom. The standard InChI is InChI=1S/C20H21NO6S/c1-25-17-6-4-13(5-7-17)11-28-12-18(22)21-16-9-14(19(23)26-2)8-15(10-16)20(24)27-3/h4-10H,11-12H2,1-3H3,(H,21,22). The van der Waals surface area contributed by atoms with Gasteiger partial charge in [0.05, 0.1) is 38.2 Å². The minimum Gasteiger partial charge on any atom is -0.497 e. The molecule has 0 radical (unpaired) electrons. The number of ether oxygens (including phenoxy) is 3. The number of rotatable bonds is 8. The molecule has 0 fully saturated rings. The Balaban J connectivity index is 1.99. The second-order valence-corrected chi connectivity index (χ2v) is 6.66. The van der Waals surface area contributed by atoms with Gasteiger partial charge in [0.25, 0.3) is 0 Å². The van der Waals surface area contributed by atoms with Crippen molar-refractivity contribution in [2.45, 2.75) is 5.75 Å². The molecular weight excluding hydrogens is 382 g/mol. The molecule has 0 aliphatic heterocycles. The van der Waals surface area contributed by atoms with Crippen molar-refractivity contribution in [2.75, 3.05) is 32.4 Å². The number of carbonyl (C=O) groups excluding carboxylic acids is 3. The molecule has 0 aliphatic rings. The third-order valence-corrected chi connectivity index (χ3v) is 4.72. The first-order valence-corrected chi connectivity index (χ1v) is 9.44. The van der Waals surface area contributed by atoms with Crippen LogP contribution in [0.3, 0.4) is 0 Å². The van der Waals surface area contributed by atoms with E-state index in [9.17, 15) is 14.4 Å². The van der Waals surface area contributed by atoms with Crippen LogP contribution in [0, 0.1) is 0 Å². The minimum absolute atomic E-state index is 0.145. The van der Waals surface area contributed by atoms with E-state index < -0.39 is 11.9 Å². The van der Waals surface area contributed by atoms with Gasteiger partial charge in [-0.25, -0.2) is 9.59 Å². The van der Waals surface area contributed by atoms with Gasteiger partial charge in [-0.15, -0.1) is 11.8 Å². The third-order valence-electron chi connectivity index (χ3n) is 3.72. The number of hydrogen-bond acceptors (Lipinski definition) is 7. The zero-order valence-corrected chi connectivity index (χ0v) is 16.6. The predicted molar refractivity (Wildman–Crippen MR) is 107 cm³/mol. The monoisotopic (exact) mass is 403 g/mol. The number of esters is 2. The van der Waals surface area contributed by atoms with Crippen molar-refractivity contribution in [1.82, 2.24) is 0 Å². The number of amides is 1. The molecule has 7 nitrogen and oxygen atoms in total. The fourth-order valence-corrected chi connectivity index (χ4v) is 3.14. The van der Waals surface area contributed by atoms with Crippen molar-refractivity contribution in [1.29, 1.82) is 0 Å². The van der Waals surface area contributed by atoms with Crippen LogP contribution in [-0.2, 0) is 20.0 Å². The Labute approximate surface area is 167 Å². The molecule has 0 bridgehead atoms. The zero-order chi connectivity index (χ0) is 20.5. The Hall–Kier alpha value is -3.00. The maximum Gasteiger partial charge on any atom is 0.337 e. The van der Waals surface area contributed by atoms with E-state index in [0.29, 0.717) is 11.4 Å². The van der Waals surface area contributed by atoms with E-state index in [1.54, 1.807) is 7.11 Å². The number of nitrogens with one attached hydrogen (secondary N) is 1. The summed E-state index contributed by atoms with van der Waals surface area (Å²) in [6.07, 6.45) is 0. The molecule has 2 aromatic carbocycles. The van der Waals surface area contributed by atoms with E-state index in [-0.39, 0.29) is 22.8 Å². The van der Waals surface area contributed by atoms with Gasteiger partial charge in [-0.3, -0.25) is 4.79 Å². The summed E-state index contributed by atoms with van der Waals surface area (Å²) in [5, 5.41) is 2.69. The zero-order valence-electron chi connectivity index (χ0n) is 15.8. The summed E-state index contributed by atoms with van der Waals surface area (Å²) in [7, 11) is 4.08. The molecule has 1 N–H and O–H groups in total. The topological polar surface area (TPSA) is 90.9 Å². The molecular formula is C20H21NO6S. The summed E-state index contributed by atoms with van der Waals surface area (Å²) in [4.78, 5) is 35.8. The van der Waals surface area contributed by atoms with Crippen LogP contribution in [0.5, 0.6) is 5.75 Å². The van der Waals surface area contributed by atoms with Crippen LogP contribution in [0.2, 0.25) is 0 Å². The van der Waals surface area contributed by atoms with Crippen LogP contribution >= 0.6 is 11.8 Å². The van der Waals surface area contributed by atoms with E-state index in [0.717, 1.165) is 11.3 Å². The summed E-state index contributed by atoms with van der Waals surface area (Å²) >= 11 is 1.44. The second-order valence-electron chi connectivity index (χ2n) is 5.67. The first-order valence-electron chi connectivity index (χ1n) is 8.29. The average molecular weight is 403 g/mol. The number of benzene rings is 2. The molecule has 148 valence electrons. The SMILES string of the molecule is COC(=O)c1cc(NC(=O)CSCc2ccc(OC)cc2)cc(C(=O)OC)c1. The van der Waals surface area contributed by atoms with Crippen molar-refractivity contribution >= 4 is 35.3 Å². The van der Waals surface area contributed by atoms with Gasteiger partial charge in [0.15, 0.2) is 0 Å². The van der Waals surface area contributed by atoms with Crippen LogP contribution in [0.1, 0.15) is 26.3 Å². The Kier molecular flexibility index (Phi) is 7.88. The van der Waals surface area contributed by atoms with Crippen molar-refractivity contribution in [3.8, 4) is 5.75 Å². The van der Waals surface area contributed by atoms with Crippen molar-refractivity contribution in [2.24, 2.45) is 0 Å². The molecule has 0 saturated carbocycles. The van der Waals surface area contributed by atoms with E-state index >= 15 is 0 Å². The number of methoxy groups -OCH3 is 3. The number of thioether (sulfide) groups is 1. The lowest BCUT2D eigenvalue weighted by atomic mass is 10.1. The van der Waals surface area contributed by atoms with Crippen LogP contribution in [-0.4, -0.2) is 44.9 Å². The van der Waals surface area contributed by atoms with Gasteiger partial charge in [0, 0.05) is 11.4 Å². The van der Waals surface area contributed by atoms with E-state index in [4.69, 9.17) is 4.74 Å². The van der Waals surface area contributed by atoms with Gasteiger partial charge in [-0.1, -0.05) is 12.1 Å². The second kappa shape index (κ2) is 10.4. The highest BCUT2D eigenvalue weighted by molar-refractivity contribution is 7.99. The van der Waals surface area contributed by atoms with Gasteiger partial charge in [0.1, 0.15) is 5.75 Å². The molecule has 28 heavy (non-hydrogen) atoms. The molecule has 0 aromatic heterocycles. The first kappa shape index (κ1) is 21.3. The summed E-state index contributed by atoms with van der Waals surface area (Å²) < 4.78 is 14.5. The van der Waals surface area contributed by atoms with Crippen molar-refractivity contribution in [3.05, 3.63) is 59.2 Å². The molecule has 0 spiro atoms. The van der Waals surface area contributed by atoms with Crippen molar-refractivity contribution in [3.63, 3.8) is 0 Å². The lowest BCUT2D eigenvalue weighted by molar-refractivity contribution is -0.113. The molecule has 1 amide bonds. The smallest absolute Gasteiger partial charge is 0.337 e. The lowest BCUT2D eigenvalue weighted by Crippen LogP contribution is -2.16. The Morgan fingerprint density at radius 3 is 1.96 bits per heavy atom. The van der Waals surface area contributed by atoms with E-state index in [1.807, 2.05) is 24.3 Å². The van der Waals surface area contributed by atoms with Crippen LogP contribution in [0.25, 0.3) is 0 Å². The highest BCUT2D eigenvalue weighted by Gasteiger charge is 2.15. The van der Waals surface area contributed by atoms with Crippen molar-refractivity contribution < 1.29 is 28.6 Å². The molecule has 0 atom stereocenters. The molecule has 0 heterocycles. The maximum atomic E-state index is 12.2. The normalized spacial score (nSPS) is 10.1. The predicted octanol–water partition coefficient (Wildman–Crippen LogP) is 3.14. The van der Waals surface area contributed by atoms with Gasteiger partial charge in [0.2, 0.25) is 5.91 Å².